The second kappa shape index (κ2) is 6.74. The van der Waals surface area contributed by atoms with Crippen LogP contribution in [0.15, 0.2) is 54.7 Å². The summed E-state index contributed by atoms with van der Waals surface area (Å²) in [6.07, 6.45) is 3.20. The first-order chi connectivity index (χ1) is 14.5. The van der Waals surface area contributed by atoms with E-state index in [1.165, 1.54) is 12.1 Å². The number of aromatic nitrogens is 1. The number of halogens is 1. The van der Waals surface area contributed by atoms with Crippen LogP contribution in [-0.2, 0) is 5.60 Å². The Morgan fingerprint density at radius 3 is 2.70 bits per heavy atom. The number of piperidine rings is 1. The van der Waals surface area contributed by atoms with Gasteiger partial charge in [-0.1, -0.05) is 0 Å². The largest absolute Gasteiger partial charge is 0.479 e. The number of benzene rings is 2. The molecule has 0 bridgehead atoms. The van der Waals surface area contributed by atoms with Gasteiger partial charge in [0, 0.05) is 43.8 Å². The lowest BCUT2D eigenvalue weighted by molar-refractivity contribution is -0.00950. The van der Waals surface area contributed by atoms with Crippen molar-refractivity contribution in [3.05, 3.63) is 82.9 Å². The van der Waals surface area contributed by atoms with Crippen molar-refractivity contribution in [2.45, 2.75) is 25.4 Å². The highest BCUT2D eigenvalue weighted by molar-refractivity contribution is 5.94. The van der Waals surface area contributed by atoms with Crippen molar-refractivity contribution in [2.24, 2.45) is 0 Å². The van der Waals surface area contributed by atoms with Crippen LogP contribution in [0.1, 0.15) is 40.0 Å². The second-order valence-corrected chi connectivity index (χ2v) is 7.91. The summed E-state index contributed by atoms with van der Waals surface area (Å²) in [4.78, 5) is 14.8. The molecule has 2 aliphatic rings. The number of aryl methyl sites for hydroxylation is 1. The summed E-state index contributed by atoms with van der Waals surface area (Å²) < 4.78 is 22.3. The Kier molecular flexibility index (Phi) is 4.14. The van der Waals surface area contributed by atoms with Crippen molar-refractivity contribution in [3.63, 3.8) is 0 Å². The average molecular weight is 401 g/mol. The van der Waals surface area contributed by atoms with E-state index in [0.29, 0.717) is 42.8 Å². The third-order valence-electron chi connectivity index (χ3n) is 6.15. The smallest absolute Gasteiger partial charge is 0.253 e. The fourth-order valence-corrected chi connectivity index (χ4v) is 4.53. The van der Waals surface area contributed by atoms with Crippen molar-refractivity contribution in [1.29, 1.82) is 5.26 Å². The SMILES string of the molecule is Cc1cc(C(=O)N2CCC3(CC2)Oc2cc(F)ccc2-n2cccc23)ccc1C#N. The van der Waals surface area contributed by atoms with Gasteiger partial charge in [0.05, 0.1) is 23.0 Å². The van der Waals surface area contributed by atoms with Crippen LogP contribution in [0.2, 0.25) is 0 Å². The minimum Gasteiger partial charge on any atom is -0.479 e. The summed E-state index contributed by atoms with van der Waals surface area (Å²) in [5, 5.41) is 9.10. The molecule has 0 aliphatic carbocycles. The molecule has 5 rings (SSSR count). The molecule has 0 radical (unpaired) electrons. The van der Waals surface area contributed by atoms with Crippen LogP contribution in [0, 0.1) is 24.1 Å². The van der Waals surface area contributed by atoms with Gasteiger partial charge in [-0.3, -0.25) is 4.79 Å². The highest BCUT2D eigenvalue weighted by Crippen LogP contribution is 2.45. The third-order valence-corrected chi connectivity index (χ3v) is 6.15. The van der Waals surface area contributed by atoms with Gasteiger partial charge >= 0.3 is 0 Å². The first-order valence-electron chi connectivity index (χ1n) is 9.97. The Labute approximate surface area is 173 Å². The molecule has 1 fully saturated rings. The van der Waals surface area contributed by atoms with Crippen molar-refractivity contribution in [2.75, 3.05) is 13.1 Å². The van der Waals surface area contributed by atoms with Crippen LogP contribution >= 0.6 is 0 Å². The molecular weight excluding hydrogens is 381 g/mol. The average Bonchev–Trinajstić information content (AvgIpc) is 3.25. The van der Waals surface area contributed by atoms with Crippen LogP contribution in [-0.4, -0.2) is 28.5 Å². The standard InChI is InChI=1S/C24H20FN3O2/c1-16-13-17(4-5-18(16)15-26)23(29)27-11-8-24(9-12-27)22-3-2-10-28(22)20-7-6-19(25)14-21(20)30-24/h2-7,10,13-14H,8-9,11-12H2,1H3. The van der Waals surface area contributed by atoms with Gasteiger partial charge in [-0.15, -0.1) is 0 Å². The highest BCUT2D eigenvalue weighted by atomic mass is 19.1. The topological polar surface area (TPSA) is 58.3 Å². The number of ether oxygens (including phenoxy) is 1. The maximum atomic E-state index is 13.8. The maximum Gasteiger partial charge on any atom is 0.253 e. The Hall–Kier alpha value is -3.59. The molecule has 2 aromatic carbocycles. The Bertz CT molecular complexity index is 1200. The summed E-state index contributed by atoms with van der Waals surface area (Å²) in [7, 11) is 0. The Morgan fingerprint density at radius 1 is 1.17 bits per heavy atom. The predicted molar refractivity (Wildman–Crippen MR) is 109 cm³/mol. The maximum absolute atomic E-state index is 13.8. The second-order valence-electron chi connectivity index (χ2n) is 7.91. The van der Waals surface area contributed by atoms with Gasteiger partial charge in [0.1, 0.15) is 11.6 Å². The zero-order valence-corrected chi connectivity index (χ0v) is 16.6. The van der Waals surface area contributed by atoms with E-state index in [4.69, 9.17) is 10.00 Å². The van der Waals surface area contributed by atoms with Gasteiger partial charge < -0.3 is 14.2 Å². The molecule has 1 amide bonds. The molecule has 5 nitrogen and oxygen atoms in total. The molecule has 6 heteroatoms. The molecule has 150 valence electrons. The molecule has 1 saturated heterocycles. The zero-order chi connectivity index (χ0) is 20.9. The summed E-state index contributed by atoms with van der Waals surface area (Å²) in [5.41, 5.74) is 3.23. The Morgan fingerprint density at radius 2 is 1.97 bits per heavy atom. The van der Waals surface area contributed by atoms with Crippen molar-refractivity contribution < 1.29 is 13.9 Å². The number of fused-ring (bicyclic) bond motifs is 4. The summed E-state index contributed by atoms with van der Waals surface area (Å²) in [6, 6.07) is 15.9. The molecule has 0 atom stereocenters. The lowest BCUT2D eigenvalue weighted by Gasteiger charge is -2.45. The molecule has 0 saturated carbocycles. The minimum absolute atomic E-state index is 0.0462. The van der Waals surface area contributed by atoms with E-state index in [9.17, 15) is 9.18 Å². The van der Waals surface area contributed by atoms with Crippen molar-refractivity contribution >= 4 is 5.91 Å². The van der Waals surface area contributed by atoms with Gasteiger partial charge in [-0.05, 0) is 55.0 Å². The van der Waals surface area contributed by atoms with Crippen LogP contribution < -0.4 is 4.74 Å². The number of hydrogen-bond acceptors (Lipinski definition) is 3. The molecule has 3 aromatic rings. The Balaban J connectivity index is 1.40. The number of hydrogen-bond donors (Lipinski definition) is 0. The normalized spacial score (nSPS) is 16.4. The van der Waals surface area contributed by atoms with E-state index >= 15 is 0 Å². The minimum atomic E-state index is -0.582. The van der Waals surface area contributed by atoms with Crippen LogP contribution in [0.3, 0.4) is 0 Å². The molecule has 1 aromatic heterocycles. The fraction of sp³-hybridized carbons (Fsp3) is 0.250. The first kappa shape index (κ1) is 18.4. The van der Waals surface area contributed by atoms with Crippen LogP contribution in [0.4, 0.5) is 4.39 Å². The van der Waals surface area contributed by atoms with E-state index in [1.807, 2.05) is 30.2 Å². The number of carbonyl (C=O) groups excluding carboxylic acids is 1. The summed E-state index contributed by atoms with van der Waals surface area (Å²) >= 11 is 0. The molecule has 0 N–H and O–H groups in total. The number of amides is 1. The van der Waals surface area contributed by atoms with Gasteiger partial charge in [0.2, 0.25) is 0 Å². The van der Waals surface area contributed by atoms with E-state index in [1.54, 1.807) is 24.3 Å². The number of likely N-dealkylation sites (tertiary alicyclic amines) is 1. The molecule has 30 heavy (non-hydrogen) atoms. The fourth-order valence-electron chi connectivity index (χ4n) is 4.53. The lowest BCUT2D eigenvalue weighted by atomic mass is 9.86. The van der Waals surface area contributed by atoms with Crippen molar-refractivity contribution in [1.82, 2.24) is 9.47 Å². The monoisotopic (exact) mass is 401 g/mol. The summed E-state index contributed by atoms with van der Waals surface area (Å²) in [6.45, 7) is 2.91. The number of carbonyl (C=O) groups is 1. The molecule has 2 aliphatic heterocycles. The summed E-state index contributed by atoms with van der Waals surface area (Å²) in [5.74, 6) is 0.152. The third kappa shape index (κ3) is 2.78. The van der Waals surface area contributed by atoms with Crippen LogP contribution in [0.5, 0.6) is 5.75 Å². The first-order valence-corrected chi connectivity index (χ1v) is 9.97. The van der Waals surface area contributed by atoms with Gasteiger partial charge in [0.15, 0.2) is 5.60 Å². The predicted octanol–water partition coefficient (Wildman–Crippen LogP) is 4.32. The van der Waals surface area contributed by atoms with Crippen LogP contribution in [0.25, 0.3) is 5.69 Å². The molecular formula is C24H20FN3O2. The van der Waals surface area contributed by atoms with Gasteiger partial charge in [-0.25, -0.2) is 4.39 Å². The van der Waals surface area contributed by atoms with Crippen molar-refractivity contribution in [3.8, 4) is 17.5 Å². The molecule has 3 heterocycles. The van der Waals surface area contributed by atoms with Gasteiger partial charge in [0.25, 0.3) is 5.91 Å². The molecule has 0 unspecified atom stereocenters. The van der Waals surface area contributed by atoms with E-state index < -0.39 is 5.60 Å². The quantitative estimate of drug-likeness (QED) is 0.610. The lowest BCUT2D eigenvalue weighted by Crippen LogP contribution is -2.50. The zero-order valence-electron chi connectivity index (χ0n) is 16.6. The van der Waals surface area contributed by atoms with E-state index in [2.05, 4.69) is 10.6 Å². The van der Waals surface area contributed by atoms with Gasteiger partial charge in [-0.2, -0.15) is 5.26 Å². The van der Waals surface area contributed by atoms with E-state index in [-0.39, 0.29) is 11.7 Å². The number of nitrogens with zero attached hydrogens (tertiary/aromatic N) is 3. The highest BCUT2D eigenvalue weighted by Gasteiger charge is 2.44. The van der Waals surface area contributed by atoms with E-state index in [0.717, 1.165) is 16.9 Å². The number of rotatable bonds is 1. The number of nitriles is 1. The molecule has 1 spiro atoms.